The molecule has 0 bridgehead atoms. The number of nitrogens with two attached hydrogens (primary N) is 1. The van der Waals surface area contributed by atoms with Gasteiger partial charge in [-0.25, -0.2) is 4.98 Å². The Labute approximate surface area is 175 Å². The summed E-state index contributed by atoms with van der Waals surface area (Å²) in [5, 5.41) is 3.34. The quantitative estimate of drug-likeness (QED) is 0.741. The SMILES string of the molecule is C[C@@H]1CC[C@@H](c2cccc(Cl)c2)N(C(=O)C(=O)Nc2cnc(N)c(C3CC3)c2)C1. The van der Waals surface area contributed by atoms with Crippen LogP contribution in [0.4, 0.5) is 11.5 Å². The Bertz CT molecular complexity index is 944. The molecular formula is C22H25ClN4O2. The highest BCUT2D eigenvalue weighted by Crippen LogP contribution is 2.42. The maximum absolute atomic E-state index is 13.1. The van der Waals surface area contributed by atoms with Crippen LogP contribution in [-0.4, -0.2) is 28.2 Å². The predicted molar refractivity (Wildman–Crippen MR) is 114 cm³/mol. The normalized spacial score (nSPS) is 21.7. The Morgan fingerprint density at radius 3 is 2.72 bits per heavy atom. The lowest BCUT2D eigenvalue weighted by Crippen LogP contribution is -2.46. The third-order valence-corrected chi connectivity index (χ3v) is 5.97. The van der Waals surface area contributed by atoms with Gasteiger partial charge in [-0.2, -0.15) is 0 Å². The topological polar surface area (TPSA) is 88.3 Å². The summed E-state index contributed by atoms with van der Waals surface area (Å²) in [7, 11) is 0. The first-order chi connectivity index (χ1) is 13.9. The summed E-state index contributed by atoms with van der Waals surface area (Å²) in [6, 6.07) is 9.18. The molecule has 1 saturated heterocycles. The molecule has 4 rings (SSSR count). The highest BCUT2D eigenvalue weighted by Gasteiger charge is 2.34. The molecule has 6 nitrogen and oxygen atoms in total. The van der Waals surface area contributed by atoms with Gasteiger partial charge in [-0.05, 0) is 66.8 Å². The number of carbonyl (C=O) groups is 2. The van der Waals surface area contributed by atoms with E-state index in [1.54, 1.807) is 11.0 Å². The van der Waals surface area contributed by atoms with Crippen molar-refractivity contribution in [3.8, 4) is 0 Å². The molecule has 1 aromatic carbocycles. The molecule has 1 aromatic heterocycles. The van der Waals surface area contributed by atoms with Crippen LogP contribution in [0.15, 0.2) is 36.5 Å². The summed E-state index contributed by atoms with van der Waals surface area (Å²) in [4.78, 5) is 31.6. The molecule has 2 aromatic rings. The van der Waals surface area contributed by atoms with Gasteiger partial charge in [-0.15, -0.1) is 0 Å². The van der Waals surface area contributed by atoms with E-state index in [-0.39, 0.29) is 6.04 Å². The highest BCUT2D eigenvalue weighted by atomic mass is 35.5. The van der Waals surface area contributed by atoms with Crippen molar-refractivity contribution < 1.29 is 9.59 Å². The van der Waals surface area contributed by atoms with Crippen molar-refractivity contribution in [2.45, 2.75) is 44.6 Å². The smallest absolute Gasteiger partial charge is 0.313 e. The second-order valence-corrected chi connectivity index (χ2v) is 8.57. The van der Waals surface area contributed by atoms with Crippen LogP contribution >= 0.6 is 11.6 Å². The molecule has 2 fully saturated rings. The average Bonchev–Trinajstić information content (AvgIpc) is 3.54. The zero-order valence-corrected chi connectivity index (χ0v) is 17.2. The maximum atomic E-state index is 13.1. The van der Waals surface area contributed by atoms with Crippen molar-refractivity contribution in [1.29, 1.82) is 0 Å². The van der Waals surface area contributed by atoms with Gasteiger partial charge in [0.2, 0.25) is 0 Å². The first kappa shape index (κ1) is 19.7. The van der Waals surface area contributed by atoms with Crippen molar-refractivity contribution in [2.24, 2.45) is 5.92 Å². The van der Waals surface area contributed by atoms with Crippen LogP contribution in [0.1, 0.15) is 55.7 Å². The van der Waals surface area contributed by atoms with Gasteiger partial charge in [0.05, 0.1) is 17.9 Å². The number of nitrogen functional groups attached to an aromatic ring is 1. The first-order valence-electron chi connectivity index (χ1n) is 10.0. The van der Waals surface area contributed by atoms with Crippen LogP contribution in [-0.2, 0) is 9.59 Å². The maximum Gasteiger partial charge on any atom is 0.313 e. The van der Waals surface area contributed by atoms with E-state index in [9.17, 15) is 9.59 Å². The molecule has 2 aliphatic rings. The molecule has 2 atom stereocenters. The Hall–Kier alpha value is -2.60. The number of nitrogens with one attached hydrogen (secondary N) is 1. The van der Waals surface area contributed by atoms with Crippen molar-refractivity contribution in [1.82, 2.24) is 9.88 Å². The minimum Gasteiger partial charge on any atom is -0.383 e. The zero-order chi connectivity index (χ0) is 20.5. The fourth-order valence-electron chi connectivity index (χ4n) is 4.03. The van der Waals surface area contributed by atoms with Crippen molar-refractivity contribution in [2.75, 3.05) is 17.6 Å². The monoisotopic (exact) mass is 412 g/mol. The summed E-state index contributed by atoms with van der Waals surface area (Å²) >= 11 is 6.15. The number of rotatable bonds is 3. The van der Waals surface area contributed by atoms with Gasteiger partial charge < -0.3 is 16.0 Å². The first-order valence-corrected chi connectivity index (χ1v) is 10.4. The largest absolute Gasteiger partial charge is 0.383 e. The van der Waals surface area contributed by atoms with Gasteiger partial charge in [-0.1, -0.05) is 30.7 Å². The molecule has 2 heterocycles. The number of nitrogens with zero attached hydrogens (tertiary/aromatic N) is 2. The molecule has 29 heavy (non-hydrogen) atoms. The number of carbonyl (C=O) groups excluding carboxylic acids is 2. The number of pyridine rings is 1. The number of amides is 2. The number of aromatic nitrogens is 1. The van der Waals surface area contributed by atoms with E-state index in [1.165, 1.54) is 6.20 Å². The molecule has 152 valence electrons. The van der Waals surface area contributed by atoms with Crippen molar-refractivity contribution in [3.63, 3.8) is 0 Å². The summed E-state index contributed by atoms with van der Waals surface area (Å²) < 4.78 is 0. The number of anilines is 2. The van der Waals surface area contributed by atoms with E-state index < -0.39 is 11.8 Å². The fourth-order valence-corrected chi connectivity index (χ4v) is 4.23. The Morgan fingerprint density at radius 2 is 2.00 bits per heavy atom. The fraction of sp³-hybridized carbons (Fsp3) is 0.409. The van der Waals surface area contributed by atoms with Gasteiger partial charge in [0, 0.05) is 11.6 Å². The Morgan fingerprint density at radius 1 is 1.21 bits per heavy atom. The second-order valence-electron chi connectivity index (χ2n) is 8.14. The molecule has 2 amide bonds. The number of hydrogen-bond donors (Lipinski definition) is 2. The average molecular weight is 413 g/mol. The van der Waals surface area contributed by atoms with Crippen LogP contribution in [0.25, 0.3) is 0 Å². The molecule has 1 aliphatic carbocycles. The molecule has 7 heteroatoms. The van der Waals surface area contributed by atoms with Crippen molar-refractivity contribution >= 4 is 34.9 Å². The van der Waals surface area contributed by atoms with Crippen LogP contribution in [0.2, 0.25) is 5.02 Å². The van der Waals surface area contributed by atoms with Crippen molar-refractivity contribution in [3.05, 3.63) is 52.7 Å². The molecule has 1 saturated carbocycles. The molecule has 0 radical (unpaired) electrons. The number of halogens is 1. The standard InChI is InChI=1S/C22H25ClN4O2/c1-13-5-8-19(15-3-2-4-16(23)9-15)27(12-13)22(29)21(28)26-17-10-18(14-6-7-14)20(24)25-11-17/h2-4,9-11,13-14,19H,5-8,12H2,1H3,(H2,24,25)(H,26,28)/t13-,19+/m1/s1. The lowest BCUT2D eigenvalue weighted by atomic mass is 9.90. The van der Waals surface area contributed by atoms with E-state index >= 15 is 0 Å². The van der Waals surface area contributed by atoms with E-state index in [0.717, 1.165) is 36.8 Å². The second kappa shape index (κ2) is 8.03. The minimum atomic E-state index is -0.653. The van der Waals surface area contributed by atoms with Crippen LogP contribution in [0.5, 0.6) is 0 Å². The minimum absolute atomic E-state index is 0.158. The van der Waals surface area contributed by atoms with Crippen LogP contribution in [0.3, 0.4) is 0 Å². The summed E-state index contributed by atoms with van der Waals surface area (Å²) in [5.41, 5.74) is 8.34. The third kappa shape index (κ3) is 4.37. The number of benzene rings is 1. The molecule has 1 aliphatic heterocycles. The number of likely N-dealkylation sites (tertiary alicyclic amines) is 1. The summed E-state index contributed by atoms with van der Waals surface area (Å²) in [6.45, 7) is 2.63. The molecule has 0 spiro atoms. The van der Waals surface area contributed by atoms with Crippen LogP contribution < -0.4 is 11.1 Å². The molecular weight excluding hydrogens is 388 g/mol. The van der Waals surface area contributed by atoms with E-state index in [4.69, 9.17) is 17.3 Å². The number of piperidine rings is 1. The van der Waals surface area contributed by atoms with Gasteiger partial charge >= 0.3 is 11.8 Å². The van der Waals surface area contributed by atoms with E-state index in [1.807, 2.05) is 24.3 Å². The lowest BCUT2D eigenvalue weighted by Gasteiger charge is -2.38. The predicted octanol–water partition coefficient (Wildman–Crippen LogP) is 4.13. The molecule has 0 unspecified atom stereocenters. The summed E-state index contributed by atoms with van der Waals surface area (Å²) in [5.74, 6) is 0.0421. The lowest BCUT2D eigenvalue weighted by molar-refractivity contribution is -0.146. The van der Waals surface area contributed by atoms with E-state index in [0.29, 0.717) is 34.9 Å². The third-order valence-electron chi connectivity index (χ3n) is 5.73. The Balaban J connectivity index is 1.52. The van der Waals surface area contributed by atoms with E-state index in [2.05, 4.69) is 17.2 Å². The zero-order valence-electron chi connectivity index (χ0n) is 16.4. The molecule has 3 N–H and O–H groups in total. The van der Waals surface area contributed by atoms with Gasteiger partial charge in [-0.3, -0.25) is 9.59 Å². The van der Waals surface area contributed by atoms with Crippen LogP contribution in [0, 0.1) is 5.92 Å². The van der Waals surface area contributed by atoms with Gasteiger partial charge in [0.1, 0.15) is 5.82 Å². The van der Waals surface area contributed by atoms with Gasteiger partial charge in [0.15, 0.2) is 0 Å². The number of hydrogen-bond acceptors (Lipinski definition) is 4. The van der Waals surface area contributed by atoms with Gasteiger partial charge in [0.25, 0.3) is 0 Å². The highest BCUT2D eigenvalue weighted by molar-refractivity contribution is 6.39. The summed E-state index contributed by atoms with van der Waals surface area (Å²) in [6.07, 6.45) is 5.45. The Kier molecular flexibility index (Phi) is 5.46.